The van der Waals surface area contributed by atoms with Gasteiger partial charge in [0.05, 0.1) is 5.69 Å². The normalized spacial score (nSPS) is 11.5. The molecular weight excluding hydrogens is 214 g/mol. The summed E-state index contributed by atoms with van der Waals surface area (Å²) in [4.78, 5) is 12.3. The Morgan fingerprint density at radius 3 is 2.71 bits per heavy atom. The average Bonchev–Trinajstić information content (AvgIpc) is 2.41. The Labute approximate surface area is 100 Å². The van der Waals surface area contributed by atoms with E-state index >= 15 is 0 Å². The minimum Gasteiger partial charge on any atom is -0.278 e. The maximum absolute atomic E-state index is 4.14. The van der Waals surface area contributed by atoms with Crippen molar-refractivity contribution in [2.75, 3.05) is 18.6 Å². The maximum atomic E-state index is 4.14. The fraction of sp³-hybridized carbons (Fsp3) is 0.250. The van der Waals surface area contributed by atoms with Crippen molar-refractivity contribution >= 4 is 5.69 Å². The Hall–Kier alpha value is -2.17. The van der Waals surface area contributed by atoms with Crippen LogP contribution in [0.25, 0.3) is 0 Å². The van der Waals surface area contributed by atoms with Crippen molar-refractivity contribution in [3.63, 3.8) is 0 Å². The lowest BCUT2D eigenvalue weighted by molar-refractivity contribution is 0.629. The third-order valence-electron chi connectivity index (χ3n) is 2.43. The van der Waals surface area contributed by atoms with Crippen molar-refractivity contribution in [2.24, 2.45) is 4.99 Å². The lowest BCUT2D eigenvalue weighted by Crippen LogP contribution is -2.40. The lowest BCUT2D eigenvalue weighted by atomic mass is 10.3. The molecule has 5 nitrogen and oxygen atoms in total. The van der Waals surface area contributed by atoms with Gasteiger partial charge in [0.25, 0.3) is 0 Å². The second kappa shape index (κ2) is 5.25. The van der Waals surface area contributed by atoms with Crippen molar-refractivity contribution in [3.8, 4) is 0 Å². The van der Waals surface area contributed by atoms with Crippen molar-refractivity contribution in [2.45, 2.75) is 6.92 Å². The van der Waals surface area contributed by atoms with Crippen LogP contribution in [0.4, 0.5) is 5.69 Å². The number of anilines is 1. The Morgan fingerprint density at radius 1 is 1.29 bits per heavy atom. The number of benzene rings is 1. The van der Waals surface area contributed by atoms with Crippen LogP contribution in [-0.2, 0) is 0 Å². The number of hydrogen-bond acceptors (Lipinski definition) is 4. The molecule has 0 N–H and O–H groups in total. The van der Waals surface area contributed by atoms with Crippen LogP contribution in [-0.4, -0.2) is 28.2 Å². The minimum absolute atomic E-state index is 0.630. The summed E-state index contributed by atoms with van der Waals surface area (Å²) >= 11 is 0. The standard InChI is InChI=1S/C12H15N5/c1-3-16(11-7-5-4-6-8-11)17-10-14-9-15-12(17)13-2/h4-10H,3H2,1-2H3/b13-12+. The van der Waals surface area contributed by atoms with Gasteiger partial charge in [0, 0.05) is 13.6 Å². The van der Waals surface area contributed by atoms with E-state index in [1.54, 1.807) is 13.4 Å². The van der Waals surface area contributed by atoms with Gasteiger partial charge in [-0.25, -0.2) is 9.66 Å². The van der Waals surface area contributed by atoms with E-state index < -0.39 is 0 Å². The molecule has 2 aromatic rings. The summed E-state index contributed by atoms with van der Waals surface area (Å²) in [5.74, 6) is 0. The molecule has 0 saturated carbocycles. The van der Waals surface area contributed by atoms with E-state index in [4.69, 9.17) is 0 Å². The van der Waals surface area contributed by atoms with Crippen LogP contribution in [0, 0.1) is 0 Å². The average molecular weight is 229 g/mol. The molecule has 0 spiro atoms. The molecular formula is C12H15N5. The van der Waals surface area contributed by atoms with Gasteiger partial charge < -0.3 is 0 Å². The molecule has 0 saturated heterocycles. The zero-order valence-corrected chi connectivity index (χ0v) is 9.98. The van der Waals surface area contributed by atoms with Crippen LogP contribution in [0.5, 0.6) is 0 Å². The second-order valence-corrected chi connectivity index (χ2v) is 3.43. The smallest absolute Gasteiger partial charge is 0.246 e. The molecule has 5 heteroatoms. The number of aromatic nitrogens is 3. The van der Waals surface area contributed by atoms with E-state index in [0.29, 0.717) is 5.62 Å². The Morgan fingerprint density at radius 2 is 2.06 bits per heavy atom. The first-order valence-corrected chi connectivity index (χ1v) is 5.51. The van der Waals surface area contributed by atoms with Crippen LogP contribution >= 0.6 is 0 Å². The van der Waals surface area contributed by atoms with Gasteiger partial charge in [-0.1, -0.05) is 18.2 Å². The summed E-state index contributed by atoms with van der Waals surface area (Å²) < 4.78 is 1.84. The molecule has 1 heterocycles. The third kappa shape index (κ3) is 2.33. The lowest BCUT2D eigenvalue weighted by Gasteiger charge is -2.24. The minimum atomic E-state index is 0.630. The molecule has 0 bridgehead atoms. The predicted molar refractivity (Wildman–Crippen MR) is 66.4 cm³/mol. The molecule has 17 heavy (non-hydrogen) atoms. The highest BCUT2D eigenvalue weighted by molar-refractivity contribution is 5.45. The molecule has 0 aliphatic carbocycles. The number of nitrogens with zero attached hydrogens (tertiary/aromatic N) is 5. The number of rotatable bonds is 3. The van der Waals surface area contributed by atoms with Gasteiger partial charge in [-0.3, -0.25) is 10.0 Å². The quantitative estimate of drug-likeness (QED) is 0.791. The molecule has 0 radical (unpaired) electrons. The van der Waals surface area contributed by atoms with E-state index in [-0.39, 0.29) is 0 Å². The van der Waals surface area contributed by atoms with E-state index in [2.05, 4.69) is 26.9 Å². The molecule has 0 aliphatic rings. The van der Waals surface area contributed by atoms with E-state index in [9.17, 15) is 0 Å². The van der Waals surface area contributed by atoms with Gasteiger partial charge in [0.1, 0.15) is 12.7 Å². The highest BCUT2D eigenvalue weighted by atomic mass is 15.6. The molecule has 2 rings (SSSR count). The van der Waals surface area contributed by atoms with E-state index in [1.165, 1.54) is 6.33 Å². The summed E-state index contributed by atoms with van der Waals surface area (Å²) in [5, 5.41) is 2.06. The summed E-state index contributed by atoms with van der Waals surface area (Å²) in [7, 11) is 1.72. The van der Waals surface area contributed by atoms with Gasteiger partial charge >= 0.3 is 0 Å². The molecule has 0 amide bonds. The molecule has 88 valence electrons. The first kappa shape index (κ1) is 11.3. The van der Waals surface area contributed by atoms with Gasteiger partial charge in [-0.2, -0.15) is 4.98 Å². The summed E-state index contributed by atoms with van der Waals surface area (Å²) in [6.45, 7) is 2.89. The Bertz CT molecular complexity index is 532. The second-order valence-electron chi connectivity index (χ2n) is 3.43. The van der Waals surface area contributed by atoms with Crippen LogP contribution in [0.2, 0.25) is 0 Å². The first-order chi connectivity index (χ1) is 8.36. The Kier molecular flexibility index (Phi) is 3.49. The van der Waals surface area contributed by atoms with Gasteiger partial charge in [-0.05, 0) is 19.1 Å². The van der Waals surface area contributed by atoms with Crippen molar-refractivity contribution < 1.29 is 0 Å². The summed E-state index contributed by atoms with van der Waals surface area (Å²) in [5.41, 5.74) is 1.71. The zero-order chi connectivity index (χ0) is 12.1. The van der Waals surface area contributed by atoms with Gasteiger partial charge in [-0.15, -0.1) is 0 Å². The molecule has 0 aliphatic heterocycles. The topological polar surface area (TPSA) is 46.3 Å². The molecule has 1 aromatic carbocycles. The highest BCUT2D eigenvalue weighted by Crippen LogP contribution is 2.11. The van der Waals surface area contributed by atoms with Crippen molar-refractivity contribution in [1.29, 1.82) is 0 Å². The van der Waals surface area contributed by atoms with E-state index in [1.807, 2.05) is 35.0 Å². The van der Waals surface area contributed by atoms with E-state index in [0.717, 1.165) is 12.2 Å². The van der Waals surface area contributed by atoms with Crippen LogP contribution in [0.1, 0.15) is 6.92 Å². The largest absolute Gasteiger partial charge is 0.278 e. The highest BCUT2D eigenvalue weighted by Gasteiger charge is 2.06. The molecule has 1 aromatic heterocycles. The fourth-order valence-corrected chi connectivity index (χ4v) is 1.68. The monoisotopic (exact) mass is 229 g/mol. The fourth-order valence-electron chi connectivity index (χ4n) is 1.68. The molecule has 0 fully saturated rings. The van der Waals surface area contributed by atoms with Crippen LogP contribution in [0.3, 0.4) is 0 Å². The zero-order valence-electron chi connectivity index (χ0n) is 9.98. The molecule has 0 atom stereocenters. The Balaban J connectivity index is 2.50. The maximum Gasteiger partial charge on any atom is 0.246 e. The number of hydrogen-bond donors (Lipinski definition) is 0. The summed E-state index contributed by atoms with van der Waals surface area (Å²) in [6, 6.07) is 10.1. The third-order valence-corrected chi connectivity index (χ3v) is 2.43. The van der Waals surface area contributed by atoms with Crippen molar-refractivity contribution in [3.05, 3.63) is 48.6 Å². The number of para-hydroxylation sites is 1. The first-order valence-electron chi connectivity index (χ1n) is 5.51. The van der Waals surface area contributed by atoms with Gasteiger partial charge in [0.15, 0.2) is 0 Å². The van der Waals surface area contributed by atoms with Crippen LogP contribution in [0.15, 0.2) is 48.0 Å². The van der Waals surface area contributed by atoms with Crippen molar-refractivity contribution in [1.82, 2.24) is 14.6 Å². The molecule has 0 unspecified atom stereocenters. The van der Waals surface area contributed by atoms with Gasteiger partial charge in [0.2, 0.25) is 5.62 Å². The predicted octanol–water partition coefficient (Wildman–Crippen LogP) is 1.10. The SMILES string of the molecule is CCN(c1ccccc1)n1cncn/c1=N\C. The summed E-state index contributed by atoms with van der Waals surface area (Å²) in [6.07, 6.45) is 3.21. The van der Waals surface area contributed by atoms with Crippen LogP contribution < -0.4 is 10.6 Å².